The molecule has 0 aromatic heterocycles. The normalized spacial score (nSPS) is 12.2. The zero-order chi connectivity index (χ0) is 18.8. The maximum Gasteiger partial charge on any atom is 0.301 e. The molecule has 2 N–H and O–H groups in total. The van der Waals surface area contributed by atoms with Gasteiger partial charge in [-0.2, -0.15) is 12.7 Å². The molecule has 7 nitrogen and oxygen atoms in total. The first kappa shape index (κ1) is 19.2. The Bertz CT molecular complexity index is 967. The van der Waals surface area contributed by atoms with Crippen LogP contribution < -0.4 is 9.44 Å². The van der Waals surface area contributed by atoms with E-state index in [-0.39, 0.29) is 4.90 Å². The highest BCUT2D eigenvalue weighted by molar-refractivity contribution is 7.92. The number of aryl methyl sites for hydroxylation is 2. The number of nitrogens with zero attached hydrogens (tertiary/aromatic N) is 1. The third kappa shape index (κ3) is 4.71. The van der Waals surface area contributed by atoms with E-state index in [2.05, 4.69) is 9.44 Å². The van der Waals surface area contributed by atoms with Crippen LogP contribution >= 0.6 is 0 Å². The van der Waals surface area contributed by atoms with Gasteiger partial charge in [0.15, 0.2) is 0 Å². The Kier molecular flexibility index (Phi) is 5.40. The molecule has 0 spiro atoms. The average molecular weight is 383 g/mol. The SMILES string of the molecule is Cc1ccc(S(=O)(=O)Nc2ccc(NS(=O)(=O)N(C)C)cc2C)cc1. The van der Waals surface area contributed by atoms with Gasteiger partial charge in [-0.1, -0.05) is 17.7 Å². The summed E-state index contributed by atoms with van der Waals surface area (Å²) >= 11 is 0. The molecule has 25 heavy (non-hydrogen) atoms. The maximum atomic E-state index is 12.4. The molecule has 0 fully saturated rings. The zero-order valence-corrected chi connectivity index (χ0v) is 16.1. The van der Waals surface area contributed by atoms with Crippen LogP contribution in [0.3, 0.4) is 0 Å². The van der Waals surface area contributed by atoms with Gasteiger partial charge in [0.25, 0.3) is 10.0 Å². The molecule has 9 heteroatoms. The van der Waals surface area contributed by atoms with Crippen LogP contribution in [-0.2, 0) is 20.2 Å². The molecule has 2 rings (SSSR count). The summed E-state index contributed by atoms with van der Waals surface area (Å²) in [7, 11) is -4.50. The van der Waals surface area contributed by atoms with Crippen LogP contribution in [0.2, 0.25) is 0 Å². The number of rotatable bonds is 6. The van der Waals surface area contributed by atoms with E-state index < -0.39 is 20.2 Å². The standard InChI is InChI=1S/C16H21N3O4S2/c1-12-5-8-15(9-6-12)24(20,21)18-16-10-7-14(11-13(16)2)17-25(22,23)19(3)4/h5-11,17-18H,1-4H3. The van der Waals surface area contributed by atoms with Gasteiger partial charge in [-0.3, -0.25) is 9.44 Å². The lowest BCUT2D eigenvalue weighted by Crippen LogP contribution is -2.28. The van der Waals surface area contributed by atoms with Crippen molar-refractivity contribution in [3.63, 3.8) is 0 Å². The molecule has 0 unspecified atom stereocenters. The number of hydrogen-bond donors (Lipinski definition) is 2. The van der Waals surface area contributed by atoms with Gasteiger partial charge in [-0.05, 0) is 49.7 Å². The van der Waals surface area contributed by atoms with Crippen LogP contribution in [0.25, 0.3) is 0 Å². The summed E-state index contributed by atoms with van der Waals surface area (Å²) in [5, 5.41) is 0. The van der Waals surface area contributed by atoms with Crippen LogP contribution in [0.4, 0.5) is 11.4 Å². The van der Waals surface area contributed by atoms with Gasteiger partial charge in [0.1, 0.15) is 0 Å². The van der Waals surface area contributed by atoms with Gasteiger partial charge in [-0.25, -0.2) is 8.42 Å². The van der Waals surface area contributed by atoms with Crippen molar-refractivity contribution in [2.45, 2.75) is 18.7 Å². The molecule has 0 amide bonds. The van der Waals surface area contributed by atoms with Crippen molar-refractivity contribution in [3.05, 3.63) is 53.6 Å². The maximum absolute atomic E-state index is 12.4. The van der Waals surface area contributed by atoms with Crippen LogP contribution in [0.5, 0.6) is 0 Å². The minimum absolute atomic E-state index is 0.162. The highest BCUT2D eigenvalue weighted by Crippen LogP contribution is 2.24. The second-order valence-electron chi connectivity index (χ2n) is 5.84. The fraction of sp³-hybridized carbons (Fsp3) is 0.250. The zero-order valence-electron chi connectivity index (χ0n) is 14.4. The first-order chi connectivity index (χ1) is 11.5. The Morgan fingerprint density at radius 2 is 1.44 bits per heavy atom. The molecule has 0 aliphatic heterocycles. The number of benzene rings is 2. The largest absolute Gasteiger partial charge is 0.301 e. The van der Waals surface area contributed by atoms with E-state index >= 15 is 0 Å². The van der Waals surface area contributed by atoms with Crippen LogP contribution in [0.1, 0.15) is 11.1 Å². The van der Waals surface area contributed by atoms with Crippen molar-refractivity contribution in [2.75, 3.05) is 23.5 Å². The molecule has 0 saturated heterocycles. The van der Waals surface area contributed by atoms with Crippen molar-refractivity contribution in [2.24, 2.45) is 0 Å². The summed E-state index contributed by atoms with van der Waals surface area (Å²) in [6.07, 6.45) is 0. The Morgan fingerprint density at radius 3 is 1.96 bits per heavy atom. The van der Waals surface area contributed by atoms with Crippen molar-refractivity contribution in [1.29, 1.82) is 0 Å². The van der Waals surface area contributed by atoms with E-state index in [1.165, 1.54) is 38.4 Å². The second-order valence-corrected chi connectivity index (χ2v) is 9.40. The minimum Gasteiger partial charge on any atom is -0.279 e. The van der Waals surface area contributed by atoms with Crippen molar-refractivity contribution in [1.82, 2.24) is 4.31 Å². The number of hydrogen-bond acceptors (Lipinski definition) is 4. The Labute approximate surface area is 148 Å². The molecule has 0 saturated carbocycles. The van der Waals surface area contributed by atoms with Crippen molar-refractivity contribution >= 4 is 31.6 Å². The molecule has 0 atom stereocenters. The smallest absolute Gasteiger partial charge is 0.279 e. The lowest BCUT2D eigenvalue weighted by Gasteiger charge is -2.15. The van der Waals surface area contributed by atoms with Crippen LogP contribution in [0.15, 0.2) is 47.4 Å². The van der Waals surface area contributed by atoms with Gasteiger partial charge in [0, 0.05) is 14.1 Å². The molecule has 0 radical (unpaired) electrons. The second kappa shape index (κ2) is 7.03. The van der Waals surface area contributed by atoms with Gasteiger partial charge >= 0.3 is 10.2 Å². The Morgan fingerprint density at radius 1 is 0.840 bits per heavy atom. The monoisotopic (exact) mass is 383 g/mol. The molecular weight excluding hydrogens is 362 g/mol. The van der Waals surface area contributed by atoms with E-state index in [0.717, 1.165) is 9.87 Å². The van der Waals surface area contributed by atoms with Crippen molar-refractivity contribution < 1.29 is 16.8 Å². The summed E-state index contributed by atoms with van der Waals surface area (Å²) in [4.78, 5) is 0.162. The third-order valence-electron chi connectivity index (χ3n) is 3.53. The number of sulfonamides is 1. The number of anilines is 2. The summed E-state index contributed by atoms with van der Waals surface area (Å²) in [6, 6.07) is 11.1. The van der Waals surface area contributed by atoms with Crippen LogP contribution in [-0.4, -0.2) is 35.2 Å². The molecule has 0 aliphatic carbocycles. The fourth-order valence-corrected chi connectivity index (χ4v) is 3.74. The minimum atomic E-state index is -3.71. The van der Waals surface area contributed by atoms with E-state index in [0.29, 0.717) is 16.9 Å². The summed E-state index contributed by atoms with van der Waals surface area (Å²) in [5.74, 6) is 0. The molecule has 0 aliphatic rings. The quantitative estimate of drug-likeness (QED) is 0.800. The highest BCUT2D eigenvalue weighted by atomic mass is 32.2. The summed E-state index contributed by atoms with van der Waals surface area (Å²) < 4.78 is 54.5. The van der Waals surface area contributed by atoms with E-state index in [1.54, 1.807) is 25.1 Å². The molecule has 0 bridgehead atoms. The van der Waals surface area contributed by atoms with Gasteiger partial charge in [0.05, 0.1) is 16.3 Å². The van der Waals surface area contributed by atoms with Gasteiger partial charge in [-0.15, -0.1) is 0 Å². The first-order valence-electron chi connectivity index (χ1n) is 7.42. The predicted molar refractivity (Wildman–Crippen MR) is 99.4 cm³/mol. The number of nitrogens with one attached hydrogen (secondary N) is 2. The van der Waals surface area contributed by atoms with E-state index in [1.807, 2.05) is 6.92 Å². The highest BCUT2D eigenvalue weighted by Gasteiger charge is 2.17. The lowest BCUT2D eigenvalue weighted by molar-refractivity contribution is 0.527. The van der Waals surface area contributed by atoms with Gasteiger partial charge < -0.3 is 0 Å². The van der Waals surface area contributed by atoms with Gasteiger partial charge in [0.2, 0.25) is 0 Å². The van der Waals surface area contributed by atoms with Crippen LogP contribution in [0, 0.1) is 13.8 Å². The predicted octanol–water partition coefficient (Wildman–Crippen LogP) is 2.32. The molecule has 0 heterocycles. The molecule has 2 aromatic rings. The van der Waals surface area contributed by atoms with E-state index in [4.69, 9.17) is 0 Å². The molecule has 2 aromatic carbocycles. The first-order valence-corrected chi connectivity index (χ1v) is 10.3. The van der Waals surface area contributed by atoms with Crippen molar-refractivity contribution in [3.8, 4) is 0 Å². The summed E-state index contributed by atoms with van der Waals surface area (Å²) in [6.45, 7) is 3.57. The Balaban J connectivity index is 2.25. The summed E-state index contributed by atoms with van der Waals surface area (Å²) in [5.41, 5.74) is 2.29. The van der Waals surface area contributed by atoms with E-state index in [9.17, 15) is 16.8 Å². The molecule has 136 valence electrons. The fourth-order valence-electron chi connectivity index (χ4n) is 2.00. The topological polar surface area (TPSA) is 95.6 Å². The molecular formula is C16H21N3O4S2. The lowest BCUT2D eigenvalue weighted by atomic mass is 10.2. The average Bonchev–Trinajstić information content (AvgIpc) is 2.50. The third-order valence-corrected chi connectivity index (χ3v) is 6.37. The Hall–Kier alpha value is -2.10.